The van der Waals surface area contributed by atoms with Gasteiger partial charge in [-0.15, -0.1) is 0 Å². The van der Waals surface area contributed by atoms with Crippen molar-refractivity contribution >= 4 is 37.7 Å². The highest BCUT2D eigenvalue weighted by Crippen LogP contribution is 2.26. The van der Waals surface area contributed by atoms with Gasteiger partial charge in [-0.2, -0.15) is 11.8 Å². The molecule has 20 heavy (non-hydrogen) atoms. The first-order valence-electron chi connectivity index (χ1n) is 6.20. The molecule has 1 aromatic rings. The Kier molecular flexibility index (Phi) is 7.00. The number of sulfonamides is 1. The van der Waals surface area contributed by atoms with Crippen molar-refractivity contribution in [1.82, 2.24) is 4.72 Å². The zero-order chi connectivity index (χ0) is 15.3. The first kappa shape index (κ1) is 18.0. The van der Waals surface area contributed by atoms with Crippen LogP contribution in [-0.4, -0.2) is 32.1 Å². The molecule has 0 aliphatic rings. The van der Waals surface area contributed by atoms with Gasteiger partial charge in [-0.25, -0.2) is 13.1 Å². The summed E-state index contributed by atoms with van der Waals surface area (Å²) in [7, 11) is -3.56. The van der Waals surface area contributed by atoms with E-state index in [1.165, 1.54) is 6.07 Å². The van der Waals surface area contributed by atoms with E-state index in [0.29, 0.717) is 22.1 Å². The maximum atomic E-state index is 12.4. The Morgan fingerprint density at radius 1 is 1.45 bits per heavy atom. The predicted octanol–water partition coefficient (Wildman–Crippen LogP) is 2.53. The van der Waals surface area contributed by atoms with E-state index in [2.05, 4.69) is 20.7 Å². The van der Waals surface area contributed by atoms with Crippen molar-refractivity contribution in [3.8, 4) is 0 Å². The van der Waals surface area contributed by atoms with Gasteiger partial charge in [-0.1, -0.05) is 22.9 Å². The second kappa shape index (κ2) is 7.79. The summed E-state index contributed by atoms with van der Waals surface area (Å²) in [6, 6.07) is 3.24. The minimum atomic E-state index is -3.56. The summed E-state index contributed by atoms with van der Waals surface area (Å²) in [6.45, 7) is 3.96. The zero-order valence-corrected chi connectivity index (χ0v) is 15.0. The lowest BCUT2D eigenvalue weighted by atomic mass is 10.2. The monoisotopic (exact) mass is 381 g/mol. The molecule has 0 amide bonds. The van der Waals surface area contributed by atoms with Gasteiger partial charge in [0.05, 0.1) is 11.5 Å². The lowest BCUT2D eigenvalue weighted by molar-refractivity contribution is 0.281. The van der Waals surface area contributed by atoms with Crippen molar-refractivity contribution in [2.45, 2.75) is 25.3 Å². The predicted molar refractivity (Wildman–Crippen MR) is 87.5 cm³/mol. The van der Waals surface area contributed by atoms with Crippen molar-refractivity contribution in [3.63, 3.8) is 0 Å². The first-order valence-corrected chi connectivity index (χ1v) is 9.87. The average Bonchev–Trinajstić information content (AvgIpc) is 2.39. The van der Waals surface area contributed by atoms with Gasteiger partial charge in [0.2, 0.25) is 10.0 Å². The number of halogens is 1. The summed E-state index contributed by atoms with van der Waals surface area (Å²) in [4.78, 5) is 0.215. The zero-order valence-electron chi connectivity index (χ0n) is 11.8. The number of thioether (sulfide) groups is 1. The van der Waals surface area contributed by atoms with E-state index in [4.69, 9.17) is 0 Å². The van der Waals surface area contributed by atoms with Crippen LogP contribution in [0.5, 0.6) is 0 Å². The van der Waals surface area contributed by atoms with E-state index in [0.717, 1.165) is 5.75 Å². The van der Waals surface area contributed by atoms with E-state index in [9.17, 15) is 13.5 Å². The number of benzene rings is 1. The van der Waals surface area contributed by atoms with Crippen molar-refractivity contribution < 1.29 is 13.5 Å². The molecular weight excluding hydrogens is 362 g/mol. The summed E-state index contributed by atoms with van der Waals surface area (Å²) >= 11 is 5.02. The minimum absolute atomic E-state index is 0.190. The van der Waals surface area contributed by atoms with Crippen LogP contribution in [0.25, 0.3) is 0 Å². The molecule has 1 rings (SSSR count). The highest BCUT2D eigenvalue weighted by atomic mass is 79.9. The van der Waals surface area contributed by atoms with Crippen LogP contribution in [-0.2, 0) is 16.6 Å². The number of aliphatic hydroxyl groups is 1. The van der Waals surface area contributed by atoms with Crippen LogP contribution in [0.3, 0.4) is 0 Å². The molecule has 1 atom stereocenters. The standard InChI is InChI=1S/C13H20BrNO3S2/c1-9(8-19-3)6-15-20(17,18)13-5-11(7-16)4-12(14)10(13)2/h4-5,9,15-16H,6-8H2,1-3H3. The van der Waals surface area contributed by atoms with E-state index >= 15 is 0 Å². The highest BCUT2D eigenvalue weighted by molar-refractivity contribution is 9.10. The molecule has 0 aromatic heterocycles. The van der Waals surface area contributed by atoms with E-state index in [-0.39, 0.29) is 17.4 Å². The maximum absolute atomic E-state index is 12.4. The Morgan fingerprint density at radius 2 is 2.10 bits per heavy atom. The number of hydrogen-bond acceptors (Lipinski definition) is 4. The summed E-state index contributed by atoms with van der Waals surface area (Å²) in [5.41, 5.74) is 1.22. The molecule has 7 heteroatoms. The highest BCUT2D eigenvalue weighted by Gasteiger charge is 2.20. The molecule has 0 bridgehead atoms. The fourth-order valence-electron chi connectivity index (χ4n) is 1.75. The van der Waals surface area contributed by atoms with Gasteiger partial charge in [0.15, 0.2) is 0 Å². The molecule has 0 heterocycles. The van der Waals surface area contributed by atoms with Crippen LogP contribution >= 0.6 is 27.7 Å². The second-order valence-corrected chi connectivity index (χ2v) is 8.27. The summed E-state index contributed by atoms with van der Waals surface area (Å²) in [6.07, 6.45) is 2.00. The average molecular weight is 382 g/mol. The van der Waals surface area contributed by atoms with Crippen molar-refractivity contribution in [1.29, 1.82) is 0 Å². The molecule has 0 aliphatic heterocycles. The van der Waals surface area contributed by atoms with Crippen LogP contribution in [0.2, 0.25) is 0 Å². The Morgan fingerprint density at radius 3 is 2.65 bits per heavy atom. The number of nitrogens with one attached hydrogen (secondary N) is 1. The molecule has 1 aromatic carbocycles. The Hall–Kier alpha value is -0.0800. The van der Waals surface area contributed by atoms with E-state index in [1.54, 1.807) is 24.8 Å². The first-order chi connectivity index (χ1) is 9.31. The third-order valence-corrected chi connectivity index (χ3v) is 6.18. The van der Waals surface area contributed by atoms with Gasteiger partial charge in [0, 0.05) is 11.0 Å². The minimum Gasteiger partial charge on any atom is -0.392 e. The Bertz CT molecular complexity index is 561. The maximum Gasteiger partial charge on any atom is 0.240 e. The number of rotatable bonds is 7. The van der Waals surface area contributed by atoms with E-state index < -0.39 is 10.0 Å². The van der Waals surface area contributed by atoms with Gasteiger partial charge in [-0.3, -0.25) is 0 Å². The third-order valence-electron chi connectivity index (χ3n) is 2.90. The van der Waals surface area contributed by atoms with Gasteiger partial charge in [0.25, 0.3) is 0 Å². The van der Waals surface area contributed by atoms with Gasteiger partial charge in [-0.05, 0) is 48.1 Å². The fraction of sp³-hybridized carbons (Fsp3) is 0.538. The smallest absolute Gasteiger partial charge is 0.240 e. The van der Waals surface area contributed by atoms with Gasteiger partial charge < -0.3 is 5.11 Å². The quantitative estimate of drug-likeness (QED) is 0.761. The fourth-order valence-corrected chi connectivity index (χ4v) is 4.56. The SMILES string of the molecule is CSCC(C)CNS(=O)(=O)c1cc(CO)cc(Br)c1C. The summed E-state index contributed by atoms with van der Waals surface area (Å²) in [5.74, 6) is 1.17. The molecule has 114 valence electrons. The molecular formula is C13H20BrNO3S2. The van der Waals surface area contributed by atoms with Gasteiger partial charge in [0.1, 0.15) is 0 Å². The van der Waals surface area contributed by atoms with Crippen molar-refractivity contribution in [2.24, 2.45) is 5.92 Å². The van der Waals surface area contributed by atoms with Crippen LogP contribution in [0.4, 0.5) is 0 Å². The third kappa shape index (κ3) is 4.73. The summed E-state index contributed by atoms with van der Waals surface area (Å²) < 4.78 is 28.0. The Labute approximate surface area is 133 Å². The topological polar surface area (TPSA) is 66.4 Å². The molecule has 0 saturated heterocycles. The van der Waals surface area contributed by atoms with Crippen molar-refractivity contribution in [3.05, 3.63) is 27.7 Å². The molecule has 0 radical (unpaired) electrons. The molecule has 4 nitrogen and oxygen atoms in total. The Balaban J connectivity index is 3.00. The molecule has 0 saturated carbocycles. The van der Waals surface area contributed by atoms with E-state index in [1.807, 2.05) is 13.2 Å². The lowest BCUT2D eigenvalue weighted by Gasteiger charge is -2.14. The van der Waals surface area contributed by atoms with Crippen molar-refractivity contribution in [2.75, 3.05) is 18.6 Å². The largest absolute Gasteiger partial charge is 0.392 e. The number of hydrogen-bond donors (Lipinski definition) is 2. The summed E-state index contributed by atoms with van der Waals surface area (Å²) in [5, 5.41) is 9.19. The van der Waals surface area contributed by atoms with Crippen LogP contribution in [0, 0.1) is 12.8 Å². The molecule has 0 aliphatic carbocycles. The normalized spacial score (nSPS) is 13.4. The molecule has 0 fully saturated rings. The number of aliphatic hydroxyl groups excluding tert-OH is 1. The van der Waals surface area contributed by atoms with Crippen LogP contribution in [0.1, 0.15) is 18.1 Å². The van der Waals surface area contributed by atoms with Gasteiger partial charge >= 0.3 is 0 Å². The molecule has 1 unspecified atom stereocenters. The van der Waals surface area contributed by atoms with Crippen LogP contribution in [0.15, 0.2) is 21.5 Å². The second-order valence-electron chi connectivity index (χ2n) is 4.77. The molecule has 2 N–H and O–H groups in total. The lowest BCUT2D eigenvalue weighted by Crippen LogP contribution is -2.30. The van der Waals surface area contributed by atoms with Crippen LogP contribution < -0.4 is 4.72 Å². The molecule has 0 spiro atoms.